The van der Waals surface area contributed by atoms with Crippen LogP contribution < -0.4 is 21.3 Å². The molecule has 4 heterocycles. The molecule has 4 aromatic rings. The largest absolute Gasteiger partial charge is 0.399 e. The number of nitrogen functional groups attached to an aromatic ring is 1. The van der Waals surface area contributed by atoms with Gasteiger partial charge in [0.15, 0.2) is 11.5 Å². The van der Waals surface area contributed by atoms with Crippen molar-refractivity contribution in [3.63, 3.8) is 0 Å². The first kappa shape index (κ1) is 21.4. The highest BCUT2D eigenvalue weighted by Crippen LogP contribution is 2.33. The van der Waals surface area contributed by atoms with Gasteiger partial charge in [-0.25, -0.2) is 14.8 Å². The summed E-state index contributed by atoms with van der Waals surface area (Å²) >= 11 is 0. The number of carbonyl (C=O) groups excluding carboxylic acids is 1. The summed E-state index contributed by atoms with van der Waals surface area (Å²) in [6.45, 7) is 1.64. The minimum Gasteiger partial charge on any atom is -0.399 e. The number of hydrogen-bond acceptors (Lipinski definition) is 7. The van der Waals surface area contributed by atoms with Gasteiger partial charge in [-0.1, -0.05) is 0 Å². The monoisotopic (exact) mass is 470 g/mol. The van der Waals surface area contributed by atoms with Crippen molar-refractivity contribution < 1.29 is 9.53 Å². The molecule has 178 valence electrons. The van der Waals surface area contributed by atoms with Gasteiger partial charge < -0.3 is 26.0 Å². The first-order valence-electron chi connectivity index (χ1n) is 11.7. The predicted octanol–water partition coefficient (Wildman–Crippen LogP) is 3.62. The number of aromatic nitrogens is 4. The summed E-state index contributed by atoms with van der Waals surface area (Å²) in [5.74, 6) is 1.51. The van der Waals surface area contributed by atoms with Crippen LogP contribution in [0.1, 0.15) is 12.8 Å². The third-order valence-electron chi connectivity index (χ3n) is 6.48. The number of nitrogens with two attached hydrogens (primary N) is 1. The summed E-state index contributed by atoms with van der Waals surface area (Å²) < 4.78 is 7.79. The van der Waals surface area contributed by atoms with Crippen molar-refractivity contribution in [3.8, 4) is 11.4 Å². The second-order valence-electron chi connectivity index (χ2n) is 9.02. The van der Waals surface area contributed by atoms with Crippen LogP contribution in [-0.4, -0.2) is 51.1 Å². The molecule has 2 fully saturated rings. The second-order valence-corrected chi connectivity index (χ2v) is 9.02. The van der Waals surface area contributed by atoms with Crippen LogP contribution in [0.5, 0.6) is 0 Å². The Morgan fingerprint density at radius 1 is 0.971 bits per heavy atom. The third kappa shape index (κ3) is 4.24. The summed E-state index contributed by atoms with van der Waals surface area (Å²) in [6, 6.07) is 14.1. The van der Waals surface area contributed by atoms with E-state index in [1.165, 1.54) is 0 Å². The zero-order valence-electron chi connectivity index (χ0n) is 19.3. The molecule has 2 bridgehead atoms. The fourth-order valence-corrected chi connectivity index (χ4v) is 4.73. The third-order valence-corrected chi connectivity index (χ3v) is 6.48. The van der Waals surface area contributed by atoms with E-state index in [0.29, 0.717) is 22.9 Å². The molecular weight excluding hydrogens is 444 g/mol. The van der Waals surface area contributed by atoms with E-state index in [1.54, 1.807) is 28.9 Å². The predicted molar refractivity (Wildman–Crippen MR) is 135 cm³/mol. The quantitative estimate of drug-likeness (QED) is 0.389. The molecule has 4 N–H and O–H groups in total. The molecule has 2 saturated heterocycles. The Kier molecular flexibility index (Phi) is 5.22. The van der Waals surface area contributed by atoms with Crippen LogP contribution in [0.3, 0.4) is 0 Å². The van der Waals surface area contributed by atoms with E-state index in [1.807, 2.05) is 37.5 Å². The van der Waals surface area contributed by atoms with Crippen molar-refractivity contribution in [3.05, 3.63) is 54.7 Å². The van der Waals surface area contributed by atoms with Gasteiger partial charge in [0.25, 0.3) is 0 Å². The van der Waals surface area contributed by atoms with Crippen LogP contribution in [0.15, 0.2) is 54.7 Å². The van der Waals surface area contributed by atoms with Gasteiger partial charge in [-0.15, -0.1) is 0 Å². The Balaban J connectivity index is 1.24. The number of nitrogens with one attached hydrogen (secondary N) is 2. The summed E-state index contributed by atoms with van der Waals surface area (Å²) in [5, 5.41) is 11.0. The van der Waals surface area contributed by atoms with Gasteiger partial charge in [-0.2, -0.15) is 5.10 Å². The molecule has 6 rings (SSSR count). The van der Waals surface area contributed by atoms with Crippen LogP contribution in [0.25, 0.3) is 22.4 Å². The van der Waals surface area contributed by atoms with E-state index >= 15 is 0 Å². The number of morpholine rings is 1. The summed E-state index contributed by atoms with van der Waals surface area (Å²) in [7, 11) is 1.89. The first-order chi connectivity index (χ1) is 17.0. The van der Waals surface area contributed by atoms with Crippen LogP contribution in [0.4, 0.5) is 27.7 Å². The minimum absolute atomic E-state index is 0.253. The van der Waals surface area contributed by atoms with Crippen molar-refractivity contribution in [1.29, 1.82) is 0 Å². The Morgan fingerprint density at radius 3 is 2.26 bits per heavy atom. The highest BCUT2D eigenvalue weighted by atomic mass is 16.5. The number of hydrogen-bond donors (Lipinski definition) is 3. The Morgan fingerprint density at radius 2 is 1.60 bits per heavy atom. The lowest BCUT2D eigenvalue weighted by atomic mass is 10.2. The fourth-order valence-electron chi connectivity index (χ4n) is 4.73. The lowest BCUT2D eigenvalue weighted by Crippen LogP contribution is -2.43. The van der Waals surface area contributed by atoms with Gasteiger partial charge in [0.2, 0.25) is 0 Å². The van der Waals surface area contributed by atoms with Crippen molar-refractivity contribution in [2.45, 2.75) is 25.0 Å². The number of rotatable bonds is 4. The SMILES string of the molecule is Cn1ncc2c(N3CC4CCC(C3)O4)nc(-c3ccc(NC(=O)Nc4ccc(N)cc4)cc3)nc21. The topological polar surface area (TPSA) is 123 Å². The zero-order chi connectivity index (χ0) is 23.9. The number of fused-ring (bicyclic) bond motifs is 3. The standard InChI is InChI=1S/C25H26N8O2/c1-32-23-21(12-27-32)24(33-13-19-10-11-20(14-33)35-19)31-22(30-23)15-2-6-17(7-3-15)28-25(34)29-18-8-4-16(26)5-9-18/h2-9,12,19-20H,10-11,13-14,26H2,1H3,(H2,28,29,34). The summed E-state index contributed by atoms with van der Waals surface area (Å²) in [5.41, 5.74) is 9.30. The molecule has 2 aromatic carbocycles. The molecule has 2 unspecified atom stereocenters. The molecule has 35 heavy (non-hydrogen) atoms. The number of amides is 2. The van der Waals surface area contributed by atoms with E-state index in [2.05, 4.69) is 20.6 Å². The van der Waals surface area contributed by atoms with Gasteiger partial charge >= 0.3 is 6.03 Å². The van der Waals surface area contributed by atoms with E-state index in [4.69, 9.17) is 20.4 Å². The van der Waals surface area contributed by atoms with Crippen LogP contribution in [-0.2, 0) is 11.8 Å². The number of benzene rings is 2. The second kappa shape index (κ2) is 8.55. The Bertz CT molecular complexity index is 1370. The van der Waals surface area contributed by atoms with Gasteiger partial charge in [-0.05, 0) is 61.4 Å². The van der Waals surface area contributed by atoms with E-state index < -0.39 is 0 Å². The highest BCUT2D eigenvalue weighted by Gasteiger charge is 2.35. The molecule has 2 aliphatic heterocycles. The average molecular weight is 471 g/mol. The molecule has 2 aliphatic rings. The molecule has 0 saturated carbocycles. The number of anilines is 4. The lowest BCUT2D eigenvalue weighted by molar-refractivity contribution is 0.0303. The van der Waals surface area contributed by atoms with Gasteiger partial charge in [0.1, 0.15) is 5.82 Å². The average Bonchev–Trinajstić information content (AvgIpc) is 3.41. The Labute approximate surface area is 202 Å². The zero-order valence-corrected chi connectivity index (χ0v) is 19.3. The van der Waals surface area contributed by atoms with Crippen molar-refractivity contribution in [2.75, 3.05) is 34.4 Å². The van der Waals surface area contributed by atoms with Crippen LogP contribution >= 0.6 is 0 Å². The van der Waals surface area contributed by atoms with Gasteiger partial charge in [-0.3, -0.25) is 4.68 Å². The van der Waals surface area contributed by atoms with Crippen molar-refractivity contribution in [1.82, 2.24) is 19.7 Å². The molecular formula is C25H26N8O2. The summed E-state index contributed by atoms with van der Waals surface area (Å²) in [6.07, 6.45) is 4.52. The highest BCUT2D eigenvalue weighted by molar-refractivity contribution is 6.00. The first-order valence-corrected chi connectivity index (χ1v) is 11.7. The lowest BCUT2D eigenvalue weighted by Gasteiger charge is -2.33. The van der Waals surface area contributed by atoms with Crippen molar-refractivity contribution in [2.24, 2.45) is 7.05 Å². The smallest absolute Gasteiger partial charge is 0.323 e. The summed E-state index contributed by atoms with van der Waals surface area (Å²) in [4.78, 5) is 24.4. The molecule has 2 atom stereocenters. The molecule has 10 nitrogen and oxygen atoms in total. The molecule has 0 spiro atoms. The molecule has 2 aromatic heterocycles. The molecule has 10 heteroatoms. The number of carbonyl (C=O) groups is 1. The normalized spacial score (nSPS) is 19.2. The minimum atomic E-state index is -0.334. The maximum atomic E-state index is 12.4. The maximum absolute atomic E-state index is 12.4. The fraction of sp³-hybridized carbons (Fsp3) is 0.280. The molecule has 2 amide bonds. The molecule has 0 aliphatic carbocycles. The number of ether oxygens (including phenoxy) is 1. The number of nitrogens with zero attached hydrogens (tertiary/aromatic N) is 5. The number of urea groups is 1. The van der Waals surface area contributed by atoms with Crippen molar-refractivity contribution >= 4 is 39.9 Å². The van der Waals surface area contributed by atoms with E-state index in [9.17, 15) is 4.79 Å². The van der Waals surface area contributed by atoms with Gasteiger partial charge in [0, 0.05) is 42.8 Å². The van der Waals surface area contributed by atoms with E-state index in [-0.39, 0.29) is 18.2 Å². The number of aryl methyl sites for hydroxylation is 1. The Hall–Kier alpha value is -4.18. The maximum Gasteiger partial charge on any atom is 0.323 e. The van der Waals surface area contributed by atoms with E-state index in [0.717, 1.165) is 48.3 Å². The van der Waals surface area contributed by atoms with Crippen LogP contribution in [0.2, 0.25) is 0 Å². The van der Waals surface area contributed by atoms with Gasteiger partial charge in [0.05, 0.1) is 23.8 Å². The van der Waals surface area contributed by atoms with Crippen LogP contribution in [0, 0.1) is 0 Å². The molecule has 0 radical (unpaired) electrons.